The lowest BCUT2D eigenvalue weighted by Crippen LogP contribution is -2.47. The maximum Gasteiger partial charge on any atom is 0.243 e. The molecule has 1 atom stereocenters. The van der Waals surface area contributed by atoms with Gasteiger partial charge in [-0.15, -0.1) is 0 Å². The summed E-state index contributed by atoms with van der Waals surface area (Å²) in [5, 5.41) is 2.97. The molecule has 1 aromatic rings. The summed E-state index contributed by atoms with van der Waals surface area (Å²) < 4.78 is 0. The second kappa shape index (κ2) is 11.5. The summed E-state index contributed by atoms with van der Waals surface area (Å²) >= 11 is 0. The van der Waals surface area contributed by atoms with Gasteiger partial charge in [0.15, 0.2) is 0 Å². The number of allylic oxidation sites excluding steroid dienone is 2. The molecule has 1 fully saturated rings. The molecule has 2 amide bonds. The smallest absolute Gasteiger partial charge is 0.243 e. The zero-order valence-corrected chi connectivity index (χ0v) is 17.9. The van der Waals surface area contributed by atoms with Gasteiger partial charge in [-0.05, 0) is 56.2 Å². The predicted octanol–water partition coefficient (Wildman–Crippen LogP) is 3.26. The van der Waals surface area contributed by atoms with Crippen molar-refractivity contribution >= 4 is 23.6 Å². The summed E-state index contributed by atoms with van der Waals surface area (Å²) in [5.41, 5.74) is 9.97. The second-order valence-corrected chi connectivity index (χ2v) is 7.42. The largest absolute Gasteiger partial charge is 0.350 e. The molecule has 6 nitrogen and oxygen atoms in total. The zero-order valence-electron chi connectivity index (χ0n) is 17.9. The quantitative estimate of drug-likeness (QED) is 0.626. The minimum Gasteiger partial charge on any atom is -0.350 e. The number of hydrogen-bond acceptors (Lipinski definition) is 4. The summed E-state index contributed by atoms with van der Waals surface area (Å²) in [6, 6.07) is 7.88. The normalized spacial score (nSPS) is 17.5. The average molecular weight is 399 g/mol. The first-order valence-corrected chi connectivity index (χ1v) is 10.6. The Balaban J connectivity index is 2.02. The Labute approximate surface area is 174 Å². The molecule has 0 saturated carbocycles. The summed E-state index contributed by atoms with van der Waals surface area (Å²) in [6.45, 7) is 7.17. The molecule has 0 aromatic heterocycles. The Kier molecular flexibility index (Phi) is 9.06. The van der Waals surface area contributed by atoms with Crippen LogP contribution in [0.25, 0.3) is 5.57 Å². The number of nitrogens with two attached hydrogens (primary N) is 1. The van der Waals surface area contributed by atoms with Crippen LogP contribution in [0.4, 0.5) is 0 Å². The van der Waals surface area contributed by atoms with Crippen LogP contribution < -0.4 is 11.1 Å². The van der Waals surface area contributed by atoms with Gasteiger partial charge in [0.25, 0.3) is 0 Å². The highest BCUT2D eigenvalue weighted by molar-refractivity contribution is 5.88. The Morgan fingerprint density at radius 1 is 1.31 bits per heavy atom. The van der Waals surface area contributed by atoms with E-state index in [1.165, 1.54) is 11.1 Å². The van der Waals surface area contributed by atoms with E-state index in [1.54, 1.807) is 4.90 Å². The predicted molar refractivity (Wildman–Crippen MR) is 118 cm³/mol. The molecule has 6 heteroatoms. The standard InChI is InChI=1S/C23H34N4O2/c1-4-6-8-20(17(3)25-5-2)19-12-10-18(11-13-19)16-26-23(29)21-9-7-14-27(21)22(28)15-24/h5,10-13,21H,4,6-9,14-16,24H2,1-3H3,(H,26,29)/b20-17+,25-5?. The van der Waals surface area contributed by atoms with Gasteiger partial charge >= 0.3 is 0 Å². The molecule has 0 aliphatic carbocycles. The lowest BCUT2D eigenvalue weighted by atomic mass is 9.97. The minimum absolute atomic E-state index is 0.0549. The van der Waals surface area contributed by atoms with Gasteiger partial charge in [-0.2, -0.15) is 0 Å². The zero-order chi connectivity index (χ0) is 21.2. The summed E-state index contributed by atoms with van der Waals surface area (Å²) in [6.07, 6.45) is 6.63. The molecule has 1 unspecified atom stereocenters. The third kappa shape index (κ3) is 6.26. The van der Waals surface area contributed by atoms with Gasteiger partial charge in [-0.1, -0.05) is 37.6 Å². The third-order valence-corrected chi connectivity index (χ3v) is 5.36. The van der Waals surface area contributed by atoms with E-state index in [1.807, 2.05) is 25.3 Å². The second-order valence-electron chi connectivity index (χ2n) is 7.42. The van der Waals surface area contributed by atoms with Gasteiger partial charge in [0.1, 0.15) is 6.04 Å². The van der Waals surface area contributed by atoms with Crippen LogP contribution in [0.2, 0.25) is 0 Å². The average Bonchev–Trinajstić information content (AvgIpc) is 3.23. The van der Waals surface area contributed by atoms with Gasteiger partial charge in [-0.3, -0.25) is 14.6 Å². The van der Waals surface area contributed by atoms with Crippen LogP contribution in [-0.2, 0) is 16.1 Å². The van der Waals surface area contributed by atoms with Crippen LogP contribution in [0.3, 0.4) is 0 Å². The van der Waals surface area contributed by atoms with Gasteiger partial charge < -0.3 is 16.0 Å². The first kappa shape index (κ1) is 22.8. The van der Waals surface area contributed by atoms with E-state index in [0.717, 1.165) is 36.9 Å². The molecular formula is C23H34N4O2. The maximum atomic E-state index is 12.5. The molecule has 0 radical (unpaired) electrons. The van der Waals surface area contributed by atoms with Crippen molar-refractivity contribution in [1.29, 1.82) is 0 Å². The van der Waals surface area contributed by atoms with Crippen LogP contribution in [0, 0.1) is 0 Å². The number of unbranched alkanes of at least 4 members (excludes halogenated alkanes) is 1. The van der Waals surface area contributed by atoms with Crippen LogP contribution in [-0.4, -0.2) is 42.1 Å². The molecular weight excluding hydrogens is 364 g/mol. The van der Waals surface area contributed by atoms with Crippen molar-refractivity contribution in [2.24, 2.45) is 10.7 Å². The van der Waals surface area contributed by atoms with Crippen LogP contribution in [0.1, 0.15) is 64.0 Å². The van der Waals surface area contributed by atoms with Crippen LogP contribution in [0.5, 0.6) is 0 Å². The lowest BCUT2D eigenvalue weighted by molar-refractivity contribution is -0.137. The van der Waals surface area contributed by atoms with Crippen molar-refractivity contribution in [2.75, 3.05) is 13.1 Å². The Bertz CT molecular complexity index is 753. The molecule has 158 valence electrons. The van der Waals surface area contributed by atoms with Crippen molar-refractivity contribution < 1.29 is 9.59 Å². The number of nitrogens with zero attached hydrogens (tertiary/aromatic N) is 2. The minimum atomic E-state index is -0.400. The monoisotopic (exact) mass is 398 g/mol. The Hall–Kier alpha value is -2.47. The number of carbonyl (C=O) groups excluding carboxylic acids is 2. The molecule has 1 heterocycles. The first-order valence-electron chi connectivity index (χ1n) is 10.6. The molecule has 1 aliphatic heterocycles. The van der Waals surface area contributed by atoms with E-state index in [0.29, 0.717) is 19.5 Å². The summed E-state index contributed by atoms with van der Waals surface area (Å²) in [5.74, 6) is -0.270. The number of likely N-dealkylation sites (tertiary alicyclic amines) is 1. The number of nitrogens with one attached hydrogen (secondary N) is 1. The number of benzene rings is 1. The van der Waals surface area contributed by atoms with Crippen molar-refractivity contribution in [3.63, 3.8) is 0 Å². The molecule has 1 aliphatic rings. The number of rotatable bonds is 9. The number of amides is 2. The number of hydrogen-bond donors (Lipinski definition) is 2. The van der Waals surface area contributed by atoms with Gasteiger partial charge in [0, 0.05) is 25.0 Å². The van der Waals surface area contributed by atoms with Crippen molar-refractivity contribution in [3.05, 3.63) is 41.1 Å². The molecule has 2 rings (SSSR count). The SMILES string of the molecule is CC=N/C(C)=C(\CCCC)c1ccc(CNC(=O)C2CCCN2C(=O)CN)cc1. The van der Waals surface area contributed by atoms with E-state index >= 15 is 0 Å². The third-order valence-electron chi connectivity index (χ3n) is 5.36. The highest BCUT2D eigenvalue weighted by Crippen LogP contribution is 2.25. The molecule has 1 aromatic carbocycles. The van der Waals surface area contributed by atoms with Gasteiger partial charge in [-0.25, -0.2) is 0 Å². The van der Waals surface area contributed by atoms with E-state index in [2.05, 4.69) is 36.3 Å². The molecule has 3 N–H and O–H groups in total. The van der Waals surface area contributed by atoms with Crippen molar-refractivity contribution in [3.8, 4) is 0 Å². The molecule has 29 heavy (non-hydrogen) atoms. The molecule has 0 spiro atoms. The van der Waals surface area contributed by atoms with Crippen molar-refractivity contribution in [1.82, 2.24) is 10.2 Å². The van der Waals surface area contributed by atoms with Gasteiger partial charge in [0.05, 0.1) is 6.54 Å². The highest BCUT2D eigenvalue weighted by Gasteiger charge is 2.33. The summed E-state index contributed by atoms with van der Waals surface area (Å²) in [7, 11) is 0. The fourth-order valence-corrected chi connectivity index (χ4v) is 3.75. The van der Waals surface area contributed by atoms with Gasteiger partial charge in [0.2, 0.25) is 11.8 Å². The molecule has 1 saturated heterocycles. The first-order chi connectivity index (χ1) is 14.0. The molecule has 0 bridgehead atoms. The van der Waals surface area contributed by atoms with Crippen LogP contribution >= 0.6 is 0 Å². The maximum absolute atomic E-state index is 12.5. The topological polar surface area (TPSA) is 87.8 Å². The summed E-state index contributed by atoms with van der Waals surface area (Å²) in [4.78, 5) is 30.5. The number of aliphatic imine (C=N–C) groups is 1. The van der Waals surface area contributed by atoms with E-state index in [-0.39, 0.29) is 18.4 Å². The van der Waals surface area contributed by atoms with Crippen LogP contribution in [0.15, 0.2) is 35.0 Å². The fourth-order valence-electron chi connectivity index (χ4n) is 3.75. The van der Waals surface area contributed by atoms with Crippen molar-refractivity contribution in [2.45, 2.75) is 65.5 Å². The lowest BCUT2D eigenvalue weighted by Gasteiger charge is -2.23. The highest BCUT2D eigenvalue weighted by atomic mass is 16.2. The number of carbonyl (C=O) groups is 2. The van der Waals surface area contributed by atoms with E-state index in [9.17, 15) is 9.59 Å². The van der Waals surface area contributed by atoms with E-state index in [4.69, 9.17) is 5.73 Å². The fraction of sp³-hybridized carbons (Fsp3) is 0.522. The van der Waals surface area contributed by atoms with E-state index < -0.39 is 6.04 Å². The Morgan fingerprint density at radius 2 is 2.03 bits per heavy atom. The Morgan fingerprint density at radius 3 is 2.66 bits per heavy atom.